The Hall–Kier alpha value is -0.900. The molecule has 0 saturated heterocycles. The largest absolute Gasteiger partial charge is 0.349 e. The first-order chi connectivity index (χ1) is 9.38. The molecule has 0 aliphatic heterocycles. The van der Waals surface area contributed by atoms with Gasteiger partial charge in [0.25, 0.3) is 5.91 Å². The van der Waals surface area contributed by atoms with Gasteiger partial charge in [-0.2, -0.15) is 0 Å². The van der Waals surface area contributed by atoms with Crippen LogP contribution in [0.5, 0.6) is 0 Å². The lowest BCUT2D eigenvalue weighted by Gasteiger charge is -2.15. The molecular weight excluding hydrogens is 268 g/mol. The fourth-order valence-corrected chi connectivity index (χ4v) is 3.63. The molecule has 0 unspecified atom stereocenters. The van der Waals surface area contributed by atoms with Crippen molar-refractivity contribution in [3.63, 3.8) is 0 Å². The van der Waals surface area contributed by atoms with Crippen LogP contribution >= 0.6 is 11.3 Å². The Bertz CT molecular complexity index is 465. The molecule has 0 radical (unpaired) electrons. The van der Waals surface area contributed by atoms with Crippen molar-refractivity contribution in [1.82, 2.24) is 10.3 Å². The number of rotatable bonds is 2. The van der Waals surface area contributed by atoms with E-state index in [0.29, 0.717) is 6.04 Å². The topological polar surface area (TPSA) is 42.0 Å². The van der Waals surface area contributed by atoms with Crippen molar-refractivity contribution in [2.75, 3.05) is 0 Å². The molecule has 0 bridgehead atoms. The van der Waals surface area contributed by atoms with Gasteiger partial charge >= 0.3 is 0 Å². The van der Waals surface area contributed by atoms with Gasteiger partial charge in [-0.3, -0.25) is 4.79 Å². The summed E-state index contributed by atoms with van der Waals surface area (Å²) >= 11 is 1.55. The Labute approximate surface area is 126 Å². The number of aryl methyl sites for hydroxylation is 1. The Kier molecular flexibility index (Phi) is 4.84. The summed E-state index contributed by atoms with van der Waals surface area (Å²) < 4.78 is 0. The van der Waals surface area contributed by atoms with Crippen LogP contribution in [0.2, 0.25) is 0 Å². The highest BCUT2D eigenvalue weighted by Crippen LogP contribution is 2.29. The molecule has 0 spiro atoms. The van der Waals surface area contributed by atoms with Crippen molar-refractivity contribution in [3.8, 4) is 0 Å². The van der Waals surface area contributed by atoms with Crippen LogP contribution in [0.25, 0.3) is 0 Å². The summed E-state index contributed by atoms with van der Waals surface area (Å²) in [5.41, 5.74) is 0.877. The molecule has 1 aromatic rings. The van der Waals surface area contributed by atoms with Gasteiger partial charge in [-0.05, 0) is 19.8 Å². The third-order valence-electron chi connectivity index (χ3n) is 3.83. The average molecular weight is 294 g/mol. The van der Waals surface area contributed by atoms with Gasteiger partial charge in [0.15, 0.2) is 0 Å². The normalized spacial score (nSPS) is 17.8. The first-order valence-corrected chi connectivity index (χ1v) is 8.48. The van der Waals surface area contributed by atoms with Gasteiger partial charge in [-0.1, -0.05) is 46.5 Å². The van der Waals surface area contributed by atoms with Crippen molar-refractivity contribution in [3.05, 3.63) is 15.6 Å². The second-order valence-corrected chi connectivity index (χ2v) is 7.84. The van der Waals surface area contributed by atoms with E-state index in [1.807, 2.05) is 6.92 Å². The standard InChI is InChI=1S/C16H26N2OS/c1-11-13(20-15(17-11)16(2,3)4)14(19)18-12-9-7-5-6-8-10-12/h12H,5-10H2,1-4H3,(H,18,19). The summed E-state index contributed by atoms with van der Waals surface area (Å²) in [7, 11) is 0. The first kappa shape index (κ1) is 15.5. The Morgan fingerprint density at radius 2 is 1.80 bits per heavy atom. The zero-order valence-corrected chi connectivity index (χ0v) is 13.9. The number of hydrogen-bond acceptors (Lipinski definition) is 3. The van der Waals surface area contributed by atoms with Gasteiger partial charge in [0.1, 0.15) is 4.88 Å². The van der Waals surface area contributed by atoms with Gasteiger partial charge in [-0.15, -0.1) is 11.3 Å². The molecule has 1 fully saturated rings. The zero-order chi connectivity index (χ0) is 14.8. The summed E-state index contributed by atoms with van der Waals surface area (Å²) in [6.07, 6.45) is 7.32. The summed E-state index contributed by atoms with van der Waals surface area (Å²) in [6.45, 7) is 8.35. The molecule has 2 rings (SSSR count). The zero-order valence-electron chi connectivity index (χ0n) is 13.1. The smallest absolute Gasteiger partial charge is 0.263 e. The van der Waals surface area contributed by atoms with E-state index < -0.39 is 0 Å². The Balaban J connectivity index is 2.07. The number of hydrogen-bond donors (Lipinski definition) is 1. The molecule has 1 aromatic heterocycles. The van der Waals surface area contributed by atoms with Crippen molar-refractivity contribution < 1.29 is 4.79 Å². The molecule has 1 heterocycles. The second kappa shape index (κ2) is 6.25. The SMILES string of the molecule is Cc1nc(C(C)(C)C)sc1C(=O)NC1CCCCCC1. The first-order valence-electron chi connectivity index (χ1n) is 7.66. The maximum Gasteiger partial charge on any atom is 0.263 e. The van der Waals surface area contributed by atoms with Gasteiger partial charge in [-0.25, -0.2) is 4.98 Å². The quantitative estimate of drug-likeness (QED) is 0.831. The van der Waals surface area contributed by atoms with E-state index in [0.717, 1.165) is 28.4 Å². The lowest BCUT2D eigenvalue weighted by molar-refractivity contribution is 0.0936. The van der Waals surface area contributed by atoms with E-state index in [1.54, 1.807) is 11.3 Å². The minimum Gasteiger partial charge on any atom is -0.349 e. The van der Waals surface area contributed by atoms with Crippen LogP contribution in [0.3, 0.4) is 0 Å². The van der Waals surface area contributed by atoms with Crippen LogP contribution in [0, 0.1) is 6.92 Å². The lowest BCUT2D eigenvalue weighted by Crippen LogP contribution is -2.34. The lowest BCUT2D eigenvalue weighted by atomic mass is 9.98. The van der Waals surface area contributed by atoms with E-state index in [9.17, 15) is 4.79 Å². The molecular formula is C16H26N2OS. The van der Waals surface area contributed by atoms with Crippen molar-refractivity contribution in [2.45, 2.75) is 77.7 Å². The highest BCUT2D eigenvalue weighted by Gasteiger charge is 2.24. The molecule has 20 heavy (non-hydrogen) atoms. The minimum atomic E-state index is 0.0102. The molecule has 1 aliphatic carbocycles. The van der Waals surface area contributed by atoms with Gasteiger partial charge in [0, 0.05) is 11.5 Å². The van der Waals surface area contributed by atoms with Gasteiger partial charge in [0.2, 0.25) is 0 Å². The maximum absolute atomic E-state index is 12.4. The van der Waals surface area contributed by atoms with E-state index >= 15 is 0 Å². The molecule has 1 N–H and O–H groups in total. The molecule has 1 aliphatic rings. The fourth-order valence-electron chi connectivity index (χ4n) is 2.60. The Morgan fingerprint density at radius 1 is 1.20 bits per heavy atom. The third-order valence-corrected chi connectivity index (χ3v) is 5.42. The number of carbonyl (C=O) groups excluding carboxylic acids is 1. The van der Waals surface area contributed by atoms with E-state index in [2.05, 4.69) is 31.1 Å². The predicted molar refractivity (Wildman–Crippen MR) is 84.5 cm³/mol. The van der Waals surface area contributed by atoms with Crippen LogP contribution in [0.4, 0.5) is 0 Å². The molecule has 1 amide bonds. The average Bonchev–Trinajstić information content (AvgIpc) is 2.58. The van der Waals surface area contributed by atoms with Crippen LogP contribution in [-0.2, 0) is 5.41 Å². The third kappa shape index (κ3) is 3.81. The summed E-state index contributed by atoms with van der Waals surface area (Å²) in [6, 6.07) is 0.351. The number of nitrogens with zero attached hydrogens (tertiary/aromatic N) is 1. The molecule has 0 atom stereocenters. The van der Waals surface area contributed by atoms with E-state index in [4.69, 9.17) is 0 Å². The van der Waals surface area contributed by atoms with E-state index in [1.165, 1.54) is 25.7 Å². The molecule has 112 valence electrons. The summed E-state index contributed by atoms with van der Waals surface area (Å²) in [5, 5.41) is 4.25. The minimum absolute atomic E-state index is 0.0102. The van der Waals surface area contributed by atoms with Crippen LogP contribution < -0.4 is 5.32 Å². The molecule has 1 saturated carbocycles. The summed E-state index contributed by atoms with van der Waals surface area (Å²) in [5.74, 6) is 0.0717. The number of carbonyl (C=O) groups is 1. The molecule has 3 nitrogen and oxygen atoms in total. The van der Waals surface area contributed by atoms with Crippen molar-refractivity contribution >= 4 is 17.2 Å². The van der Waals surface area contributed by atoms with Crippen LogP contribution in [0.15, 0.2) is 0 Å². The molecule has 4 heteroatoms. The number of thiazole rings is 1. The van der Waals surface area contributed by atoms with Gasteiger partial charge in [0.05, 0.1) is 10.7 Å². The summed E-state index contributed by atoms with van der Waals surface area (Å²) in [4.78, 5) is 17.8. The highest BCUT2D eigenvalue weighted by atomic mass is 32.1. The monoisotopic (exact) mass is 294 g/mol. The maximum atomic E-state index is 12.4. The van der Waals surface area contributed by atoms with Crippen molar-refractivity contribution in [1.29, 1.82) is 0 Å². The number of nitrogens with one attached hydrogen (secondary N) is 1. The number of amides is 1. The van der Waals surface area contributed by atoms with E-state index in [-0.39, 0.29) is 11.3 Å². The second-order valence-electron chi connectivity index (χ2n) is 6.85. The Morgan fingerprint density at radius 3 is 2.30 bits per heavy atom. The van der Waals surface area contributed by atoms with Crippen molar-refractivity contribution in [2.24, 2.45) is 0 Å². The van der Waals surface area contributed by atoms with Crippen LogP contribution in [0.1, 0.15) is 79.7 Å². The highest BCUT2D eigenvalue weighted by molar-refractivity contribution is 7.14. The van der Waals surface area contributed by atoms with Gasteiger partial charge < -0.3 is 5.32 Å². The molecule has 0 aromatic carbocycles. The van der Waals surface area contributed by atoms with Crippen LogP contribution in [-0.4, -0.2) is 16.9 Å². The fraction of sp³-hybridized carbons (Fsp3) is 0.750. The predicted octanol–water partition coefficient (Wildman–Crippen LogP) is 4.20. The number of aromatic nitrogens is 1.